The van der Waals surface area contributed by atoms with Crippen LogP contribution in [0.25, 0.3) is 0 Å². The standard InChI is InChI=1S/C14H17ClFN3O3S/c1-8(2)13-17-14(22-18-13)9(3)19-23(20,21)7-10-6-11(16)4-5-12(10)15/h4-6,8-9,19H,7H2,1-3H3. The molecule has 1 heterocycles. The van der Waals surface area contributed by atoms with Gasteiger partial charge in [0.15, 0.2) is 5.82 Å². The van der Waals surface area contributed by atoms with Gasteiger partial charge >= 0.3 is 0 Å². The van der Waals surface area contributed by atoms with Gasteiger partial charge < -0.3 is 4.52 Å². The molecule has 0 aliphatic rings. The Balaban J connectivity index is 2.12. The van der Waals surface area contributed by atoms with E-state index in [4.69, 9.17) is 16.1 Å². The third-order valence-electron chi connectivity index (χ3n) is 3.05. The van der Waals surface area contributed by atoms with Gasteiger partial charge in [0.1, 0.15) is 5.82 Å². The van der Waals surface area contributed by atoms with E-state index in [0.717, 1.165) is 6.07 Å². The first-order chi connectivity index (χ1) is 10.7. The Hall–Kier alpha value is -1.51. The van der Waals surface area contributed by atoms with Gasteiger partial charge in [-0.1, -0.05) is 30.6 Å². The molecular weight excluding hydrogens is 345 g/mol. The van der Waals surface area contributed by atoms with Crippen LogP contribution in [0, 0.1) is 5.82 Å². The normalized spacial score (nSPS) is 13.5. The van der Waals surface area contributed by atoms with Crippen molar-refractivity contribution in [3.05, 3.63) is 46.3 Å². The van der Waals surface area contributed by atoms with Crippen LogP contribution in [0.15, 0.2) is 22.7 Å². The summed E-state index contributed by atoms with van der Waals surface area (Å²) in [6.45, 7) is 5.38. The molecule has 0 aliphatic heterocycles. The number of rotatable bonds is 6. The molecule has 2 rings (SSSR count). The van der Waals surface area contributed by atoms with Gasteiger partial charge in [0, 0.05) is 10.9 Å². The lowest BCUT2D eigenvalue weighted by Crippen LogP contribution is -2.28. The summed E-state index contributed by atoms with van der Waals surface area (Å²) in [6.07, 6.45) is 0. The minimum Gasteiger partial charge on any atom is -0.338 e. The Labute approximate surface area is 139 Å². The zero-order valence-electron chi connectivity index (χ0n) is 12.9. The Morgan fingerprint density at radius 2 is 2.04 bits per heavy atom. The summed E-state index contributed by atoms with van der Waals surface area (Å²) >= 11 is 5.89. The van der Waals surface area contributed by atoms with Gasteiger partial charge in [-0.25, -0.2) is 17.5 Å². The van der Waals surface area contributed by atoms with Crippen LogP contribution in [0.5, 0.6) is 0 Å². The molecule has 0 radical (unpaired) electrons. The second-order valence-electron chi connectivity index (χ2n) is 5.48. The first-order valence-corrected chi connectivity index (χ1v) is 8.98. The Bertz CT molecular complexity index is 792. The summed E-state index contributed by atoms with van der Waals surface area (Å²) < 4.78 is 45.1. The molecule has 1 aromatic carbocycles. The summed E-state index contributed by atoms with van der Waals surface area (Å²) in [5.74, 6) is -0.255. The highest BCUT2D eigenvalue weighted by atomic mass is 35.5. The van der Waals surface area contributed by atoms with Crippen molar-refractivity contribution in [2.45, 2.75) is 38.5 Å². The fraction of sp³-hybridized carbons (Fsp3) is 0.429. The zero-order chi connectivity index (χ0) is 17.2. The highest BCUT2D eigenvalue weighted by Gasteiger charge is 2.22. The lowest BCUT2D eigenvalue weighted by Gasteiger charge is -2.11. The van der Waals surface area contributed by atoms with Gasteiger partial charge in [0.25, 0.3) is 0 Å². The summed E-state index contributed by atoms with van der Waals surface area (Å²) in [7, 11) is -3.76. The topological polar surface area (TPSA) is 85.1 Å². The molecule has 0 saturated heterocycles. The predicted octanol–water partition coefficient (Wildman–Crippen LogP) is 3.17. The number of benzene rings is 1. The number of nitrogens with one attached hydrogen (secondary N) is 1. The first kappa shape index (κ1) is 17.8. The van der Waals surface area contributed by atoms with Crippen molar-refractivity contribution >= 4 is 21.6 Å². The molecular formula is C14H17ClFN3O3S. The molecule has 126 valence electrons. The van der Waals surface area contributed by atoms with Crippen molar-refractivity contribution in [2.24, 2.45) is 0 Å². The van der Waals surface area contributed by atoms with Crippen molar-refractivity contribution in [3.8, 4) is 0 Å². The molecule has 23 heavy (non-hydrogen) atoms. The third-order valence-corrected chi connectivity index (χ3v) is 4.83. The lowest BCUT2D eigenvalue weighted by atomic mass is 10.2. The van der Waals surface area contributed by atoms with E-state index in [9.17, 15) is 12.8 Å². The highest BCUT2D eigenvalue weighted by Crippen LogP contribution is 2.21. The molecule has 2 aromatic rings. The number of hydrogen-bond acceptors (Lipinski definition) is 5. The molecule has 0 amide bonds. The average Bonchev–Trinajstić information content (AvgIpc) is 2.92. The summed E-state index contributed by atoms with van der Waals surface area (Å²) in [5, 5.41) is 3.97. The van der Waals surface area contributed by atoms with E-state index >= 15 is 0 Å². The van der Waals surface area contributed by atoms with Gasteiger partial charge in [0.05, 0.1) is 11.8 Å². The largest absolute Gasteiger partial charge is 0.338 e. The highest BCUT2D eigenvalue weighted by molar-refractivity contribution is 7.88. The van der Waals surface area contributed by atoms with Crippen molar-refractivity contribution in [1.82, 2.24) is 14.9 Å². The van der Waals surface area contributed by atoms with Crippen LogP contribution in [0.1, 0.15) is 50.0 Å². The molecule has 0 saturated carbocycles. The monoisotopic (exact) mass is 361 g/mol. The van der Waals surface area contributed by atoms with Gasteiger partial charge in [-0.05, 0) is 30.7 Å². The van der Waals surface area contributed by atoms with E-state index in [1.807, 2.05) is 13.8 Å². The SMILES string of the molecule is CC(C)c1noc(C(C)NS(=O)(=O)Cc2cc(F)ccc2Cl)n1. The summed E-state index contributed by atoms with van der Waals surface area (Å²) in [4.78, 5) is 4.14. The van der Waals surface area contributed by atoms with Gasteiger partial charge in [-0.3, -0.25) is 0 Å². The molecule has 1 atom stereocenters. The number of hydrogen-bond donors (Lipinski definition) is 1. The maximum atomic E-state index is 13.2. The molecule has 0 fully saturated rings. The Morgan fingerprint density at radius 1 is 1.35 bits per heavy atom. The maximum absolute atomic E-state index is 13.2. The fourth-order valence-electron chi connectivity index (χ4n) is 1.88. The van der Waals surface area contributed by atoms with Gasteiger partial charge in [-0.15, -0.1) is 0 Å². The molecule has 6 nitrogen and oxygen atoms in total. The van der Waals surface area contributed by atoms with E-state index in [0.29, 0.717) is 5.82 Å². The smallest absolute Gasteiger partial charge is 0.244 e. The van der Waals surface area contributed by atoms with E-state index in [1.54, 1.807) is 6.92 Å². The second-order valence-corrected chi connectivity index (χ2v) is 7.64. The number of halogens is 2. The van der Waals surface area contributed by atoms with E-state index in [1.165, 1.54) is 12.1 Å². The number of nitrogens with zero attached hydrogens (tertiary/aromatic N) is 2. The van der Waals surface area contributed by atoms with Crippen LogP contribution in [0.2, 0.25) is 5.02 Å². The lowest BCUT2D eigenvalue weighted by molar-refractivity contribution is 0.348. The van der Waals surface area contributed by atoms with Crippen molar-refractivity contribution in [2.75, 3.05) is 0 Å². The first-order valence-electron chi connectivity index (χ1n) is 6.95. The summed E-state index contributed by atoms with van der Waals surface area (Å²) in [5.41, 5.74) is 0.180. The van der Waals surface area contributed by atoms with Crippen LogP contribution in [-0.2, 0) is 15.8 Å². The minimum atomic E-state index is -3.76. The summed E-state index contributed by atoms with van der Waals surface area (Å²) in [6, 6.07) is 2.88. The van der Waals surface area contributed by atoms with Gasteiger partial charge in [-0.2, -0.15) is 4.98 Å². The second kappa shape index (κ2) is 6.94. The van der Waals surface area contributed by atoms with Crippen LogP contribution in [0.4, 0.5) is 4.39 Å². The van der Waals surface area contributed by atoms with Crippen molar-refractivity contribution < 1.29 is 17.3 Å². The van der Waals surface area contributed by atoms with Crippen molar-refractivity contribution in [1.29, 1.82) is 0 Å². The van der Waals surface area contributed by atoms with Crippen molar-refractivity contribution in [3.63, 3.8) is 0 Å². The van der Waals surface area contributed by atoms with Gasteiger partial charge in [0.2, 0.25) is 15.9 Å². The molecule has 1 N–H and O–H groups in total. The fourth-order valence-corrected chi connectivity index (χ4v) is 3.51. The number of aromatic nitrogens is 2. The maximum Gasteiger partial charge on any atom is 0.244 e. The minimum absolute atomic E-state index is 0.0717. The van der Waals surface area contributed by atoms with Crippen LogP contribution >= 0.6 is 11.6 Å². The zero-order valence-corrected chi connectivity index (χ0v) is 14.4. The Kier molecular flexibility index (Phi) is 5.38. The Morgan fingerprint density at radius 3 is 2.65 bits per heavy atom. The molecule has 9 heteroatoms. The molecule has 1 aromatic heterocycles. The molecule has 1 unspecified atom stereocenters. The third kappa shape index (κ3) is 4.73. The predicted molar refractivity (Wildman–Crippen MR) is 84.0 cm³/mol. The van der Waals surface area contributed by atoms with E-state index < -0.39 is 27.6 Å². The molecule has 0 spiro atoms. The number of sulfonamides is 1. The quantitative estimate of drug-likeness (QED) is 0.854. The molecule has 0 bridgehead atoms. The van der Waals surface area contributed by atoms with Crippen LogP contribution < -0.4 is 4.72 Å². The molecule has 0 aliphatic carbocycles. The van der Waals surface area contributed by atoms with E-state index in [2.05, 4.69) is 14.9 Å². The van der Waals surface area contributed by atoms with E-state index in [-0.39, 0.29) is 22.4 Å². The van der Waals surface area contributed by atoms with Crippen LogP contribution in [-0.4, -0.2) is 18.6 Å². The van der Waals surface area contributed by atoms with Crippen LogP contribution in [0.3, 0.4) is 0 Å². The average molecular weight is 362 g/mol.